The SMILES string of the molecule is CC(=O)N[C@H]1[C@H]([C@H](O)[C@H](O)CO)O[C@](O)(C(=O)O)C[C@@H]1O.Nc1ccnc(=O)[nH]1.O=P(O)(O)OP(=O)(O)O. The summed E-state index contributed by atoms with van der Waals surface area (Å²) in [7, 11) is -10.1. The van der Waals surface area contributed by atoms with Crippen molar-refractivity contribution >= 4 is 33.3 Å². The number of rotatable bonds is 7. The van der Waals surface area contributed by atoms with E-state index < -0.39 is 82.5 Å². The minimum atomic E-state index is -5.05. The lowest BCUT2D eigenvalue weighted by atomic mass is 9.88. The highest BCUT2D eigenvalue weighted by Gasteiger charge is 2.53. The number of carboxylic acid groups (broad SMARTS) is 1. The molecule has 0 radical (unpaired) electrons. The quantitative estimate of drug-likeness (QED) is 0.130. The second-order valence-electron chi connectivity index (χ2n) is 7.30. The maximum absolute atomic E-state index is 11.1. The van der Waals surface area contributed by atoms with E-state index in [1.165, 1.54) is 12.3 Å². The molecule has 21 nitrogen and oxygen atoms in total. The molecule has 1 aromatic heterocycles. The summed E-state index contributed by atoms with van der Waals surface area (Å²) >= 11 is 0. The minimum absolute atomic E-state index is 0.338. The number of nitrogen functional groups attached to an aromatic ring is 1. The molecule has 2 rings (SSSR count). The number of amides is 1. The molecule has 0 aromatic carbocycles. The van der Waals surface area contributed by atoms with E-state index in [0.717, 1.165) is 6.92 Å². The number of hydrogen-bond donors (Lipinski definition) is 13. The molecule has 1 aliphatic rings. The van der Waals surface area contributed by atoms with Crippen LogP contribution in [0.25, 0.3) is 0 Å². The lowest BCUT2D eigenvalue weighted by Gasteiger charge is -2.44. The number of aliphatic hydroxyl groups excluding tert-OH is 4. The van der Waals surface area contributed by atoms with Gasteiger partial charge in [0, 0.05) is 19.5 Å². The fourth-order valence-corrected chi connectivity index (χ4v) is 3.77. The number of aliphatic carboxylic acids is 1. The van der Waals surface area contributed by atoms with Gasteiger partial charge in [-0.1, -0.05) is 0 Å². The third-order valence-electron chi connectivity index (χ3n) is 4.12. The Balaban J connectivity index is 0.000000658. The first-order chi connectivity index (χ1) is 17.1. The highest BCUT2D eigenvalue weighted by molar-refractivity contribution is 7.60. The predicted molar refractivity (Wildman–Crippen MR) is 119 cm³/mol. The van der Waals surface area contributed by atoms with Crippen LogP contribution in [0.15, 0.2) is 17.1 Å². The number of carbonyl (C=O) groups is 2. The van der Waals surface area contributed by atoms with Gasteiger partial charge in [0.1, 0.15) is 24.1 Å². The summed E-state index contributed by atoms with van der Waals surface area (Å²) in [5, 5.41) is 59.0. The van der Waals surface area contributed by atoms with E-state index in [9.17, 15) is 43.9 Å². The molecule has 38 heavy (non-hydrogen) atoms. The summed E-state index contributed by atoms with van der Waals surface area (Å²) in [6, 6.07) is 0.250. The monoisotopic (exact) mass is 598 g/mol. The second-order valence-corrected chi connectivity index (χ2v) is 9.92. The van der Waals surface area contributed by atoms with E-state index in [1.54, 1.807) is 0 Å². The number of nitrogens with one attached hydrogen (secondary N) is 2. The molecule has 6 atom stereocenters. The molecule has 2 heterocycles. The fourth-order valence-electron chi connectivity index (χ4n) is 2.66. The Labute approximate surface area is 212 Å². The fraction of sp³-hybridized carbons (Fsp3) is 0.600. The number of nitrogens with two attached hydrogens (primary N) is 1. The van der Waals surface area contributed by atoms with Crippen molar-refractivity contribution in [3.05, 3.63) is 22.7 Å². The van der Waals surface area contributed by atoms with Crippen LogP contribution in [0, 0.1) is 0 Å². The first kappa shape index (κ1) is 35.6. The number of ether oxygens (including phenoxy) is 1. The van der Waals surface area contributed by atoms with Crippen LogP contribution in [0.2, 0.25) is 0 Å². The van der Waals surface area contributed by atoms with Gasteiger partial charge in [-0.15, -0.1) is 0 Å². The van der Waals surface area contributed by atoms with Gasteiger partial charge >= 0.3 is 27.3 Å². The summed E-state index contributed by atoms with van der Waals surface area (Å²) in [5.74, 6) is -4.84. The van der Waals surface area contributed by atoms with Crippen molar-refractivity contribution in [3.63, 3.8) is 0 Å². The number of aliphatic hydroxyl groups is 5. The molecule has 0 bridgehead atoms. The Morgan fingerprint density at radius 1 is 1.29 bits per heavy atom. The topological polar surface area (TPSA) is 373 Å². The van der Waals surface area contributed by atoms with Crippen molar-refractivity contribution in [1.29, 1.82) is 0 Å². The number of carbonyl (C=O) groups excluding carboxylic acids is 1. The highest BCUT2D eigenvalue weighted by atomic mass is 31.3. The summed E-state index contributed by atoms with van der Waals surface area (Å²) in [4.78, 5) is 69.0. The van der Waals surface area contributed by atoms with Crippen molar-refractivity contribution in [2.24, 2.45) is 0 Å². The average molecular weight is 598 g/mol. The zero-order chi connectivity index (χ0) is 30.1. The zero-order valence-electron chi connectivity index (χ0n) is 19.2. The summed E-state index contributed by atoms with van der Waals surface area (Å²) in [6.07, 6.45) is -6.13. The molecule has 1 amide bonds. The summed E-state index contributed by atoms with van der Waals surface area (Å²) in [5.41, 5.74) is 4.75. The maximum atomic E-state index is 11.1. The minimum Gasteiger partial charge on any atom is -0.477 e. The average Bonchev–Trinajstić information content (AvgIpc) is 2.72. The largest absolute Gasteiger partial charge is 0.478 e. The van der Waals surface area contributed by atoms with Gasteiger partial charge in [-0.2, -0.15) is 4.31 Å². The van der Waals surface area contributed by atoms with Gasteiger partial charge in [0.05, 0.1) is 18.8 Å². The predicted octanol–water partition coefficient (Wildman–Crippen LogP) is -5.33. The summed E-state index contributed by atoms with van der Waals surface area (Å²) < 4.78 is 27.1. The number of H-pyrrole nitrogens is 1. The third kappa shape index (κ3) is 13.4. The molecule has 1 aromatic rings. The van der Waals surface area contributed by atoms with Crippen molar-refractivity contribution in [2.45, 2.75) is 49.6 Å². The first-order valence-electron chi connectivity index (χ1n) is 9.81. The molecular formula is C15H28N4O17P2. The van der Waals surface area contributed by atoms with Gasteiger partial charge in [-0.25, -0.2) is 23.7 Å². The van der Waals surface area contributed by atoms with Crippen molar-refractivity contribution < 1.29 is 78.0 Å². The number of aromatic amines is 1. The molecule has 0 unspecified atom stereocenters. The number of phosphoric acid groups is 2. The molecule has 0 aliphatic carbocycles. The molecule has 0 saturated carbocycles. The van der Waals surface area contributed by atoms with Crippen molar-refractivity contribution in [2.75, 3.05) is 12.3 Å². The Hall–Kier alpha value is -2.36. The second kappa shape index (κ2) is 14.7. The lowest BCUT2D eigenvalue weighted by Crippen LogP contribution is -2.67. The van der Waals surface area contributed by atoms with E-state index in [0.29, 0.717) is 5.82 Å². The smallest absolute Gasteiger partial charge is 0.477 e. The van der Waals surface area contributed by atoms with Crippen LogP contribution in [0.1, 0.15) is 13.3 Å². The van der Waals surface area contributed by atoms with E-state index in [1.807, 2.05) is 0 Å². The number of nitrogens with zero attached hydrogens (tertiary/aromatic N) is 1. The van der Waals surface area contributed by atoms with Crippen LogP contribution in [0.4, 0.5) is 5.82 Å². The van der Waals surface area contributed by atoms with Crippen LogP contribution < -0.4 is 16.7 Å². The number of hydrogen-bond acceptors (Lipinski definition) is 14. The molecule has 1 aliphatic heterocycles. The van der Waals surface area contributed by atoms with Crippen LogP contribution in [-0.4, -0.2) is 115 Å². The standard InChI is InChI=1S/C11H19NO9.C4H5N3O.H4O7P2/c1-4(14)12-7-5(15)2-11(20,10(18)19)21-9(7)8(17)6(16)3-13;5-3-1-2-6-4(8)7-3;1-8(2,3)7-9(4,5)6/h5-9,13,15-17,20H,2-3H2,1H3,(H,12,14)(H,18,19);1-2H,(H3,5,6,7,8);(H2,1,2,3)(H2,4,5,6)/t5-,6+,7+,8+,9+,11-;;/m0../s1. The molecule has 1 saturated heterocycles. The number of carboxylic acids is 1. The van der Waals surface area contributed by atoms with E-state index in [4.69, 9.17) is 40.3 Å². The first-order valence-corrected chi connectivity index (χ1v) is 12.9. The number of anilines is 1. The Morgan fingerprint density at radius 2 is 1.82 bits per heavy atom. The van der Waals surface area contributed by atoms with E-state index in [2.05, 4.69) is 19.6 Å². The maximum Gasteiger partial charge on any atom is 0.478 e. The Morgan fingerprint density at radius 3 is 2.13 bits per heavy atom. The van der Waals surface area contributed by atoms with Crippen LogP contribution >= 0.6 is 15.6 Å². The molecule has 220 valence electrons. The summed E-state index contributed by atoms with van der Waals surface area (Å²) in [6.45, 7) is 0.256. The van der Waals surface area contributed by atoms with Crippen LogP contribution in [0.3, 0.4) is 0 Å². The molecule has 1 fully saturated rings. The molecule has 0 spiro atoms. The zero-order valence-corrected chi connectivity index (χ0v) is 21.0. The molecular weight excluding hydrogens is 570 g/mol. The van der Waals surface area contributed by atoms with Gasteiger partial charge in [-0.3, -0.25) is 9.78 Å². The van der Waals surface area contributed by atoms with Gasteiger partial charge in [0.2, 0.25) is 5.91 Å². The van der Waals surface area contributed by atoms with Crippen LogP contribution in [0.5, 0.6) is 0 Å². The lowest BCUT2D eigenvalue weighted by molar-refractivity contribution is -0.295. The van der Waals surface area contributed by atoms with Gasteiger partial charge in [-0.05, 0) is 6.07 Å². The Bertz CT molecular complexity index is 1060. The van der Waals surface area contributed by atoms with Gasteiger partial charge < -0.3 is 66.0 Å². The van der Waals surface area contributed by atoms with Gasteiger partial charge in [0.25, 0.3) is 5.79 Å². The normalized spacial score (nSPS) is 24.9. The molecule has 23 heteroatoms. The molecule has 14 N–H and O–H groups in total. The van der Waals surface area contributed by atoms with E-state index >= 15 is 0 Å². The van der Waals surface area contributed by atoms with Crippen molar-refractivity contribution in [1.82, 2.24) is 15.3 Å². The van der Waals surface area contributed by atoms with E-state index in [-0.39, 0.29) is 0 Å². The van der Waals surface area contributed by atoms with Gasteiger partial charge in [0.15, 0.2) is 0 Å². The third-order valence-corrected chi connectivity index (χ3v) is 5.82. The highest BCUT2D eigenvalue weighted by Crippen LogP contribution is 2.53. The van der Waals surface area contributed by atoms with Crippen LogP contribution in [-0.2, 0) is 27.8 Å². The number of aromatic nitrogens is 2. The van der Waals surface area contributed by atoms with Crippen molar-refractivity contribution in [3.8, 4) is 0 Å². The Kier molecular flexibility index (Phi) is 13.8.